The average Bonchev–Trinajstić information content (AvgIpc) is 2.76. The van der Waals surface area contributed by atoms with E-state index in [0.717, 1.165) is 15.4 Å². The Kier molecular flexibility index (Phi) is 4.40. The zero-order valence-corrected chi connectivity index (χ0v) is 12.7. The first-order valence-electron chi connectivity index (χ1n) is 7.68. The first-order valence-corrected chi connectivity index (χ1v) is 7.68. The van der Waals surface area contributed by atoms with Gasteiger partial charge >= 0.3 is 17.8 Å². The number of carbonyl (C=O) groups is 3. The predicted molar refractivity (Wildman–Crippen MR) is 80.9 cm³/mol. The van der Waals surface area contributed by atoms with Crippen molar-refractivity contribution in [2.45, 2.75) is 25.5 Å². The van der Waals surface area contributed by atoms with Gasteiger partial charge in [-0.15, -0.1) is 0 Å². The molecule has 23 heavy (non-hydrogen) atoms. The summed E-state index contributed by atoms with van der Waals surface area (Å²) in [6, 6.07) is 8.52. The molecule has 0 aliphatic carbocycles. The lowest BCUT2D eigenvalue weighted by Crippen LogP contribution is -2.46. The molecule has 3 rings (SSSR count). The first-order chi connectivity index (χ1) is 11.1. The fraction of sp³-hybridized carbons (Fsp3) is 0.438. The predicted octanol–water partition coefficient (Wildman–Crippen LogP) is 0.392. The third-order valence-corrected chi connectivity index (χ3v) is 4.22. The van der Waals surface area contributed by atoms with Crippen LogP contribution in [0.3, 0.4) is 0 Å². The van der Waals surface area contributed by atoms with Crippen molar-refractivity contribution in [1.29, 1.82) is 0 Å². The van der Waals surface area contributed by atoms with Crippen LogP contribution in [0.2, 0.25) is 0 Å². The molecule has 0 atom stereocenters. The molecule has 122 valence electrons. The maximum absolute atomic E-state index is 12.4. The smallest absolute Gasteiger partial charge is 0.335 e. The minimum atomic E-state index is -0.782. The number of urea groups is 1. The van der Waals surface area contributed by atoms with Gasteiger partial charge in [0.25, 0.3) is 0 Å². The lowest BCUT2D eigenvalue weighted by Gasteiger charge is -2.31. The molecule has 0 aromatic heterocycles. The van der Waals surface area contributed by atoms with Gasteiger partial charge in [-0.1, -0.05) is 30.3 Å². The molecule has 2 heterocycles. The zero-order valence-electron chi connectivity index (χ0n) is 12.7. The standard InChI is InChI=1S/C16H19N3O4/c20-13-6-8-17(9-7-13)11-19-15(22)14(21)18(16(19)23)10-12-4-2-1-3-5-12/h1-5,13,20H,6-11H2. The minimum Gasteiger partial charge on any atom is -0.393 e. The summed E-state index contributed by atoms with van der Waals surface area (Å²) in [5.41, 5.74) is 0.796. The van der Waals surface area contributed by atoms with E-state index in [9.17, 15) is 19.5 Å². The van der Waals surface area contributed by atoms with Crippen LogP contribution in [-0.4, -0.2) is 63.5 Å². The summed E-state index contributed by atoms with van der Waals surface area (Å²) in [7, 11) is 0. The highest BCUT2D eigenvalue weighted by atomic mass is 16.3. The Hall–Kier alpha value is -2.25. The van der Waals surface area contributed by atoms with E-state index in [1.165, 1.54) is 0 Å². The Labute approximate surface area is 134 Å². The van der Waals surface area contributed by atoms with Gasteiger partial charge in [0.15, 0.2) is 0 Å². The normalized spacial score (nSPS) is 20.7. The van der Waals surface area contributed by atoms with E-state index in [0.29, 0.717) is 25.9 Å². The molecule has 7 nitrogen and oxygen atoms in total. The first kappa shape index (κ1) is 15.6. The van der Waals surface area contributed by atoms with Crippen LogP contribution in [0.4, 0.5) is 4.79 Å². The fourth-order valence-electron chi connectivity index (χ4n) is 2.84. The summed E-state index contributed by atoms with van der Waals surface area (Å²) >= 11 is 0. The summed E-state index contributed by atoms with van der Waals surface area (Å²) in [6.07, 6.45) is 0.892. The van der Waals surface area contributed by atoms with E-state index in [1.807, 2.05) is 23.1 Å². The maximum atomic E-state index is 12.4. The Balaban J connectivity index is 1.67. The Morgan fingerprint density at radius 2 is 1.57 bits per heavy atom. The van der Waals surface area contributed by atoms with Crippen LogP contribution in [0.25, 0.3) is 0 Å². The number of rotatable bonds is 4. The molecule has 2 saturated heterocycles. The van der Waals surface area contributed by atoms with Crippen LogP contribution in [0.5, 0.6) is 0 Å². The number of amides is 4. The number of aliphatic hydroxyl groups is 1. The number of hydrogen-bond donors (Lipinski definition) is 1. The van der Waals surface area contributed by atoms with Crippen LogP contribution in [-0.2, 0) is 16.1 Å². The third-order valence-electron chi connectivity index (χ3n) is 4.22. The molecule has 2 aliphatic rings. The second kappa shape index (κ2) is 6.47. The Bertz CT molecular complexity index is 611. The molecule has 0 bridgehead atoms. The molecule has 0 spiro atoms. The van der Waals surface area contributed by atoms with E-state index in [2.05, 4.69) is 0 Å². The maximum Gasteiger partial charge on any atom is 0.335 e. The summed E-state index contributed by atoms with van der Waals surface area (Å²) in [4.78, 5) is 40.5. The molecular formula is C16H19N3O4. The highest BCUT2D eigenvalue weighted by Crippen LogP contribution is 2.18. The van der Waals surface area contributed by atoms with Gasteiger partial charge in [0.2, 0.25) is 0 Å². The van der Waals surface area contributed by atoms with Gasteiger partial charge in [0.05, 0.1) is 19.3 Å². The van der Waals surface area contributed by atoms with Crippen molar-refractivity contribution in [2.75, 3.05) is 19.8 Å². The lowest BCUT2D eigenvalue weighted by atomic mass is 10.1. The minimum absolute atomic E-state index is 0.0967. The lowest BCUT2D eigenvalue weighted by molar-refractivity contribution is -0.144. The number of nitrogens with zero attached hydrogens (tertiary/aromatic N) is 3. The van der Waals surface area contributed by atoms with Gasteiger partial charge < -0.3 is 5.11 Å². The number of aliphatic hydroxyl groups excluding tert-OH is 1. The molecule has 1 aromatic rings. The number of carbonyl (C=O) groups excluding carboxylic acids is 3. The fourth-order valence-corrected chi connectivity index (χ4v) is 2.84. The van der Waals surface area contributed by atoms with Crippen LogP contribution in [0.1, 0.15) is 18.4 Å². The summed E-state index contributed by atoms with van der Waals surface area (Å²) in [6.45, 7) is 1.40. The van der Waals surface area contributed by atoms with E-state index in [-0.39, 0.29) is 19.3 Å². The van der Waals surface area contributed by atoms with Crippen LogP contribution in [0, 0.1) is 0 Å². The highest BCUT2D eigenvalue weighted by molar-refractivity contribution is 6.44. The van der Waals surface area contributed by atoms with Crippen molar-refractivity contribution in [3.8, 4) is 0 Å². The van der Waals surface area contributed by atoms with E-state index in [4.69, 9.17) is 0 Å². The zero-order chi connectivity index (χ0) is 16.4. The number of benzene rings is 1. The van der Waals surface area contributed by atoms with Gasteiger partial charge in [-0.2, -0.15) is 0 Å². The Morgan fingerprint density at radius 1 is 0.957 bits per heavy atom. The molecule has 0 unspecified atom stereocenters. The topological polar surface area (TPSA) is 81.2 Å². The van der Waals surface area contributed by atoms with Crippen molar-refractivity contribution in [2.24, 2.45) is 0 Å². The number of imide groups is 2. The molecule has 2 fully saturated rings. The van der Waals surface area contributed by atoms with Gasteiger partial charge in [0, 0.05) is 13.1 Å². The van der Waals surface area contributed by atoms with Gasteiger partial charge in [-0.3, -0.25) is 19.4 Å². The molecular weight excluding hydrogens is 298 g/mol. The number of piperidine rings is 1. The Morgan fingerprint density at radius 3 is 2.22 bits per heavy atom. The summed E-state index contributed by atoms with van der Waals surface area (Å²) < 4.78 is 0. The second-order valence-electron chi connectivity index (χ2n) is 5.88. The average molecular weight is 317 g/mol. The summed E-state index contributed by atoms with van der Waals surface area (Å²) in [5.74, 6) is -1.56. The number of hydrogen-bond acceptors (Lipinski definition) is 5. The molecule has 7 heteroatoms. The second-order valence-corrected chi connectivity index (χ2v) is 5.88. The van der Waals surface area contributed by atoms with Gasteiger partial charge in [-0.05, 0) is 18.4 Å². The van der Waals surface area contributed by atoms with Crippen molar-refractivity contribution in [3.63, 3.8) is 0 Å². The van der Waals surface area contributed by atoms with Crippen LogP contribution in [0.15, 0.2) is 30.3 Å². The largest absolute Gasteiger partial charge is 0.393 e. The molecule has 0 saturated carbocycles. The van der Waals surface area contributed by atoms with E-state index >= 15 is 0 Å². The van der Waals surface area contributed by atoms with E-state index in [1.54, 1.807) is 12.1 Å². The van der Waals surface area contributed by atoms with Crippen molar-refractivity contribution >= 4 is 17.8 Å². The molecule has 1 aromatic carbocycles. The van der Waals surface area contributed by atoms with Gasteiger partial charge in [-0.25, -0.2) is 9.69 Å². The van der Waals surface area contributed by atoms with Crippen molar-refractivity contribution in [1.82, 2.24) is 14.7 Å². The summed E-state index contributed by atoms with van der Waals surface area (Å²) in [5, 5.41) is 9.50. The molecule has 4 amide bonds. The highest BCUT2D eigenvalue weighted by Gasteiger charge is 2.45. The number of likely N-dealkylation sites (tertiary alicyclic amines) is 1. The third kappa shape index (κ3) is 3.25. The van der Waals surface area contributed by atoms with Crippen LogP contribution < -0.4 is 0 Å². The van der Waals surface area contributed by atoms with Gasteiger partial charge in [0.1, 0.15) is 0 Å². The SMILES string of the molecule is O=C1C(=O)N(CN2CCC(O)CC2)C(=O)N1Cc1ccccc1. The van der Waals surface area contributed by atoms with Crippen molar-refractivity contribution < 1.29 is 19.5 Å². The van der Waals surface area contributed by atoms with E-state index < -0.39 is 17.8 Å². The van der Waals surface area contributed by atoms with Crippen LogP contribution >= 0.6 is 0 Å². The molecule has 2 aliphatic heterocycles. The quantitative estimate of drug-likeness (QED) is 0.642. The monoisotopic (exact) mass is 317 g/mol. The molecule has 0 radical (unpaired) electrons. The molecule has 1 N–H and O–H groups in total. The van der Waals surface area contributed by atoms with Crippen molar-refractivity contribution in [3.05, 3.63) is 35.9 Å².